The summed E-state index contributed by atoms with van der Waals surface area (Å²) in [6.07, 6.45) is 0. The van der Waals surface area contributed by atoms with E-state index in [4.69, 9.17) is 11.6 Å². The molecule has 1 unspecified atom stereocenters. The van der Waals surface area contributed by atoms with Crippen molar-refractivity contribution < 1.29 is 0 Å². The molecule has 6 heteroatoms. The molecule has 1 heterocycles. The van der Waals surface area contributed by atoms with Gasteiger partial charge in [0.25, 0.3) is 0 Å². The van der Waals surface area contributed by atoms with Crippen molar-refractivity contribution in [2.24, 2.45) is 5.92 Å². The fraction of sp³-hybridized carbons (Fsp3) is 0.500. The predicted octanol–water partition coefficient (Wildman–Crippen LogP) is 2.68. The van der Waals surface area contributed by atoms with E-state index in [2.05, 4.69) is 41.6 Å². The molecule has 2 rings (SSSR count). The molecule has 0 spiro atoms. The summed E-state index contributed by atoms with van der Waals surface area (Å²) in [4.78, 5) is 0. The number of benzene rings is 1. The van der Waals surface area contributed by atoms with Crippen LogP contribution in [0.25, 0.3) is 0 Å². The molecule has 0 bridgehead atoms. The van der Waals surface area contributed by atoms with Crippen LogP contribution in [0.2, 0.25) is 5.02 Å². The summed E-state index contributed by atoms with van der Waals surface area (Å²) in [5.41, 5.74) is 1.09. The molecule has 0 amide bonds. The molecule has 1 atom stereocenters. The summed E-state index contributed by atoms with van der Waals surface area (Å²) in [6, 6.07) is 7.86. The number of hydrogen-bond donors (Lipinski definition) is 1. The van der Waals surface area contributed by atoms with Crippen LogP contribution >= 0.6 is 11.6 Å². The van der Waals surface area contributed by atoms with E-state index in [9.17, 15) is 0 Å². The molecule has 0 saturated carbocycles. The van der Waals surface area contributed by atoms with Gasteiger partial charge < -0.3 is 5.32 Å². The molecule has 1 aromatic carbocycles. The van der Waals surface area contributed by atoms with Crippen molar-refractivity contribution >= 4 is 11.6 Å². The highest BCUT2D eigenvalue weighted by Crippen LogP contribution is 2.14. The molecular weight excluding hydrogens is 274 g/mol. The van der Waals surface area contributed by atoms with Crippen LogP contribution in [0.1, 0.15) is 38.2 Å². The van der Waals surface area contributed by atoms with Gasteiger partial charge in [-0.25, -0.2) is 4.68 Å². The maximum Gasteiger partial charge on any atom is 0.168 e. The Morgan fingerprint density at radius 2 is 2.10 bits per heavy atom. The van der Waals surface area contributed by atoms with Gasteiger partial charge in [-0.2, -0.15) is 0 Å². The van der Waals surface area contributed by atoms with Crippen molar-refractivity contribution in [2.75, 3.05) is 6.54 Å². The van der Waals surface area contributed by atoms with Crippen LogP contribution in [-0.2, 0) is 6.54 Å². The number of hydrogen-bond acceptors (Lipinski definition) is 4. The van der Waals surface area contributed by atoms with Crippen molar-refractivity contribution in [3.05, 3.63) is 40.7 Å². The lowest BCUT2D eigenvalue weighted by molar-refractivity contribution is 0.461. The van der Waals surface area contributed by atoms with Gasteiger partial charge in [-0.1, -0.05) is 37.6 Å². The largest absolute Gasteiger partial charge is 0.307 e. The van der Waals surface area contributed by atoms with Crippen molar-refractivity contribution in [3.63, 3.8) is 0 Å². The molecule has 0 aliphatic carbocycles. The van der Waals surface area contributed by atoms with Gasteiger partial charge in [0.05, 0.1) is 12.6 Å². The molecule has 5 nitrogen and oxygen atoms in total. The van der Waals surface area contributed by atoms with Crippen LogP contribution in [0.3, 0.4) is 0 Å². The molecular formula is C14H20ClN5. The fourth-order valence-electron chi connectivity index (χ4n) is 1.95. The predicted molar refractivity (Wildman–Crippen MR) is 79.6 cm³/mol. The highest BCUT2D eigenvalue weighted by molar-refractivity contribution is 6.30. The van der Waals surface area contributed by atoms with E-state index in [1.165, 1.54) is 0 Å². The zero-order chi connectivity index (χ0) is 14.5. The normalized spacial score (nSPS) is 12.8. The van der Waals surface area contributed by atoms with Crippen molar-refractivity contribution in [1.82, 2.24) is 25.5 Å². The number of tetrazole rings is 1. The van der Waals surface area contributed by atoms with Crippen LogP contribution in [0.4, 0.5) is 0 Å². The molecule has 108 valence electrons. The molecule has 0 fully saturated rings. The third-order valence-electron chi connectivity index (χ3n) is 3.00. The van der Waals surface area contributed by atoms with Crippen LogP contribution in [0, 0.1) is 5.92 Å². The lowest BCUT2D eigenvalue weighted by Crippen LogP contribution is -2.26. The molecule has 2 aromatic rings. The number of aromatic nitrogens is 4. The Bertz CT molecular complexity index is 552. The lowest BCUT2D eigenvalue weighted by Gasteiger charge is -2.15. The Labute approximate surface area is 124 Å². The van der Waals surface area contributed by atoms with Gasteiger partial charge in [-0.15, -0.1) is 5.10 Å². The van der Waals surface area contributed by atoms with Gasteiger partial charge in [-0.3, -0.25) is 0 Å². The van der Waals surface area contributed by atoms with E-state index >= 15 is 0 Å². The number of nitrogens with zero attached hydrogens (tertiary/aromatic N) is 4. The Hall–Kier alpha value is -1.46. The molecule has 1 N–H and O–H groups in total. The second-order valence-corrected chi connectivity index (χ2v) is 5.78. The van der Waals surface area contributed by atoms with Gasteiger partial charge in [-0.05, 0) is 47.5 Å². The SMILES string of the molecule is CC(C)CNC(C)c1nnnn1Cc1cccc(Cl)c1. The van der Waals surface area contributed by atoms with Gasteiger partial charge >= 0.3 is 0 Å². The first-order valence-corrected chi connectivity index (χ1v) is 7.18. The summed E-state index contributed by atoms with van der Waals surface area (Å²) < 4.78 is 1.81. The topological polar surface area (TPSA) is 55.6 Å². The van der Waals surface area contributed by atoms with Crippen LogP contribution in [-0.4, -0.2) is 26.8 Å². The highest BCUT2D eigenvalue weighted by atomic mass is 35.5. The van der Waals surface area contributed by atoms with Crippen LogP contribution in [0.5, 0.6) is 0 Å². The van der Waals surface area contributed by atoms with E-state index in [-0.39, 0.29) is 6.04 Å². The molecule has 1 aromatic heterocycles. The average Bonchev–Trinajstić information content (AvgIpc) is 2.84. The maximum atomic E-state index is 6.00. The van der Waals surface area contributed by atoms with E-state index in [1.807, 2.05) is 28.9 Å². The molecule has 20 heavy (non-hydrogen) atoms. The minimum Gasteiger partial charge on any atom is -0.307 e. The van der Waals surface area contributed by atoms with Crippen molar-refractivity contribution in [3.8, 4) is 0 Å². The molecule has 0 aliphatic heterocycles. The van der Waals surface area contributed by atoms with Gasteiger partial charge in [0, 0.05) is 5.02 Å². The summed E-state index contributed by atoms with van der Waals surface area (Å²) in [6.45, 7) is 7.98. The standard InChI is InChI=1S/C14H20ClN5/c1-10(2)8-16-11(3)14-17-18-19-20(14)9-12-5-4-6-13(15)7-12/h4-7,10-11,16H,8-9H2,1-3H3. The Morgan fingerprint density at radius 3 is 2.80 bits per heavy atom. The zero-order valence-electron chi connectivity index (χ0n) is 12.0. The summed E-state index contributed by atoms with van der Waals surface area (Å²) in [5.74, 6) is 1.43. The summed E-state index contributed by atoms with van der Waals surface area (Å²) in [7, 11) is 0. The average molecular weight is 294 g/mol. The Balaban J connectivity index is 2.08. The lowest BCUT2D eigenvalue weighted by atomic mass is 10.2. The third-order valence-corrected chi connectivity index (χ3v) is 3.24. The highest BCUT2D eigenvalue weighted by Gasteiger charge is 2.14. The van der Waals surface area contributed by atoms with Gasteiger partial charge in [0.1, 0.15) is 0 Å². The van der Waals surface area contributed by atoms with E-state index in [0.717, 1.165) is 23.0 Å². The van der Waals surface area contributed by atoms with E-state index < -0.39 is 0 Å². The third kappa shape index (κ3) is 4.02. The fourth-order valence-corrected chi connectivity index (χ4v) is 2.16. The second-order valence-electron chi connectivity index (χ2n) is 5.35. The first kappa shape index (κ1) is 14.9. The number of halogens is 1. The number of rotatable bonds is 6. The molecule has 0 saturated heterocycles. The Morgan fingerprint density at radius 1 is 1.30 bits per heavy atom. The summed E-state index contributed by atoms with van der Waals surface area (Å²) >= 11 is 6.00. The smallest absolute Gasteiger partial charge is 0.168 e. The van der Waals surface area contributed by atoms with Crippen LogP contribution < -0.4 is 5.32 Å². The first-order chi connectivity index (χ1) is 9.56. The quantitative estimate of drug-likeness (QED) is 0.890. The molecule has 0 aliphatic rings. The first-order valence-electron chi connectivity index (χ1n) is 6.80. The number of nitrogens with one attached hydrogen (secondary N) is 1. The van der Waals surface area contributed by atoms with Crippen LogP contribution in [0.15, 0.2) is 24.3 Å². The zero-order valence-corrected chi connectivity index (χ0v) is 12.8. The minimum absolute atomic E-state index is 0.117. The monoisotopic (exact) mass is 293 g/mol. The Kier molecular flexibility index (Phi) is 5.09. The van der Waals surface area contributed by atoms with E-state index in [0.29, 0.717) is 12.5 Å². The van der Waals surface area contributed by atoms with Crippen molar-refractivity contribution in [1.29, 1.82) is 0 Å². The van der Waals surface area contributed by atoms with Gasteiger partial charge in [0.2, 0.25) is 0 Å². The maximum absolute atomic E-state index is 6.00. The van der Waals surface area contributed by atoms with E-state index in [1.54, 1.807) is 0 Å². The summed E-state index contributed by atoms with van der Waals surface area (Å²) in [5, 5.41) is 16.1. The van der Waals surface area contributed by atoms with Crippen molar-refractivity contribution in [2.45, 2.75) is 33.4 Å². The molecule has 0 radical (unpaired) electrons. The second kappa shape index (κ2) is 6.81. The minimum atomic E-state index is 0.117. The van der Waals surface area contributed by atoms with Gasteiger partial charge in [0.15, 0.2) is 5.82 Å².